The van der Waals surface area contributed by atoms with Crippen molar-refractivity contribution in [1.29, 1.82) is 0 Å². The summed E-state index contributed by atoms with van der Waals surface area (Å²) in [5.41, 5.74) is -2.07. The van der Waals surface area contributed by atoms with E-state index in [-0.39, 0.29) is 41.0 Å². The van der Waals surface area contributed by atoms with Gasteiger partial charge in [-0.15, -0.1) is 6.42 Å². The number of aliphatic hydroxyl groups excluding tert-OH is 2. The molecule has 9 atom stereocenters. The first-order valence-electron chi connectivity index (χ1n) is 9.76. The molecule has 4 nitrogen and oxygen atoms in total. The summed E-state index contributed by atoms with van der Waals surface area (Å²) in [6, 6.07) is 0. The van der Waals surface area contributed by atoms with E-state index in [1.165, 1.54) is 0 Å². The lowest BCUT2D eigenvalue weighted by atomic mass is 9.44. The van der Waals surface area contributed by atoms with Gasteiger partial charge in [-0.3, -0.25) is 4.79 Å². The molecule has 4 saturated carbocycles. The zero-order valence-corrected chi connectivity index (χ0v) is 15.2. The second-order valence-corrected chi connectivity index (χ2v) is 9.66. The van der Waals surface area contributed by atoms with E-state index < -0.39 is 17.1 Å². The van der Waals surface area contributed by atoms with Gasteiger partial charge in [-0.05, 0) is 61.7 Å². The van der Waals surface area contributed by atoms with Crippen LogP contribution in [0.5, 0.6) is 0 Å². The molecule has 0 spiro atoms. The molecular formula is C21H30O4. The Bertz CT molecular complexity index is 638. The van der Waals surface area contributed by atoms with Gasteiger partial charge in [0.15, 0.2) is 5.60 Å². The molecule has 25 heavy (non-hydrogen) atoms. The highest BCUT2D eigenvalue weighted by atomic mass is 16.3. The Morgan fingerprint density at radius 1 is 1.12 bits per heavy atom. The topological polar surface area (TPSA) is 77.8 Å². The van der Waals surface area contributed by atoms with E-state index >= 15 is 0 Å². The Labute approximate surface area is 150 Å². The molecule has 0 saturated heterocycles. The molecular weight excluding hydrogens is 316 g/mol. The second-order valence-electron chi connectivity index (χ2n) is 9.66. The highest BCUT2D eigenvalue weighted by Gasteiger charge is 2.69. The standard InChI is InChI=1S/C21H30O4/c1-4-21(25)17(24)11-15-18-14(6-8-20(15,21)3)19(2)7-5-13(22)9-12(19)10-16(18)23/h1,12-15,17-18,22,24-25H,5-11H2,2-3H3/t12-,13-,14+,15+,17-,18-,19+,20+,21+/m1/s1. The SMILES string of the molecule is C#C[C@]1(O)[C@H](O)C[C@H]2[C@@H]3C(=O)C[C@H]4C[C@H](O)CC[C@]4(C)[C@H]3CC[C@@]21C. The van der Waals surface area contributed by atoms with E-state index in [0.29, 0.717) is 12.8 Å². The Morgan fingerprint density at radius 3 is 2.52 bits per heavy atom. The van der Waals surface area contributed by atoms with E-state index in [0.717, 1.165) is 32.1 Å². The van der Waals surface area contributed by atoms with Crippen molar-refractivity contribution >= 4 is 5.78 Å². The normalized spacial score (nSPS) is 58.0. The minimum absolute atomic E-state index is 0.0561. The molecule has 4 aliphatic carbocycles. The number of aliphatic hydroxyl groups is 3. The first-order chi connectivity index (χ1) is 11.7. The van der Waals surface area contributed by atoms with Crippen LogP contribution in [0.3, 0.4) is 0 Å². The highest BCUT2D eigenvalue weighted by Crippen LogP contribution is 2.67. The lowest BCUT2D eigenvalue weighted by molar-refractivity contribution is -0.168. The maximum absolute atomic E-state index is 13.1. The fraction of sp³-hybridized carbons (Fsp3) is 0.857. The monoisotopic (exact) mass is 346 g/mol. The molecule has 0 amide bonds. The molecule has 4 aliphatic rings. The third-order valence-corrected chi connectivity index (χ3v) is 8.88. The Hall–Kier alpha value is -0.890. The van der Waals surface area contributed by atoms with E-state index in [2.05, 4.69) is 12.8 Å². The first kappa shape index (κ1) is 17.5. The van der Waals surface area contributed by atoms with E-state index in [1.807, 2.05) is 6.92 Å². The summed E-state index contributed by atoms with van der Waals surface area (Å²) >= 11 is 0. The number of hydrogen-bond donors (Lipinski definition) is 3. The van der Waals surface area contributed by atoms with Crippen molar-refractivity contribution in [2.45, 2.75) is 76.6 Å². The number of hydrogen-bond acceptors (Lipinski definition) is 4. The minimum atomic E-state index is -1.54. The number of ketones is 1. The van der Waals surface area contributed by atoms with E-state index in [9.17, 15) is 20.1 Å². The minimum Gasteiger partial charge on any atom is -0.393 e. The van der Waals surface area contributed by atoms with Crippen LogP contribution in [-0.2, 0) is 4.79 Å². The molecule has 0 aromatic carbocycles. The number of carbonyl (C=O) groups is 1. The molecule has 0 radical (unpaired) electrons. The van der Waals surface area contributed by atoms with Gasteiger partial charge in [-0.1, -0.05) is 19.8 Å². The molecule has 4 fully saturated rings. The molecule has 4 rings (SSSR count). The summed E-state index contributed by atoms with van der Waals surface area (Å²) < 4.78 is 0. The van der Waals surface area contributed by atoms with Crippen LogP contribution in [0.4, 0.5) is 0 Å². The molecule has 4 heteroatoms. The molecule has 0 aliphatic heterocycles. The van der Waals surface area contributed by atoms with Crippen LogP contribution in [0.15, 0.2) is 0 Å². The number of terminal acetylenes is 1. The van der Waals surface area contributed by atoms with Gasteiger partial charge in [0.05, 0.1) is 12.2 Å². The number of rotatable bonds is 0. The van der Waals surface area contributed by atoms with Crippen molar-refractivity contribution < 1.29 is 20.1 Å². The van der Waals surface area contributed by atoms with Crippen LogP contribution < -0.4 is 0 Å². The van der Waals surface area contributed by atoms with Gasteiger partial charge in [0, 0.05) is 17.8 Å². The molecule has 0 aromatic heterocycles. The van der Waals surface area contributed by atoms with Crippen molar-refractivity contribution in [3.8, 4) is 12.3 Å². The predicted octanol–water partition coefficient (Wildman–Crippen LogP) is 1.90. The van der Waals surface area contributed by atoms with Crippen LogP contribution in [-0.4, -0.2) is 38.9 Å². The lowest BCUT2D eigenvalue weighted by Crippen LogP contribution is -2.60. The van der Waals surface area contributed by atoms with Gasteiger partial charge in [0.2, 0.25) is 0 Å². The number of carbonyl (C=O) groups excluding carboxylic acids is 1. The third kappa shape index (κ3) is 2.04. The van der Waals surface area contributed by atoms with Gasteiger partial charge >= 0.3 is 0 Å². The Kier molecular flexibility index (Phi) is 3.72. The molecule has 0 bridgehead atoms. The molecule has 138 valence electrons. The van der Waals surface area contributed by atoms with Gasteiger partial charge in [-0.25, -0.2) is 0 Å². The Morgan fingerprint density at radius 2 is 1.84 bits per heavy atom. The first-order valence-corrected chi connectivity index (χ1v) is 9.76. The molecule has 0 heterocycles. The summed E-state index contributed by atoms with van der Waals surface area (Å²) in [6.45, 7) is 4.27. The average Bonchev–Trinajstić information content (AvgIpc) is 2.77. The molecule has 0 unspecified atom stereocenters. The maximum atomic E-state index is 13.1. The van der Waals surface area contributed by atoms with Crippen LogP contribution in [0.25, 0.3) is 0 Å². The quantitative estimate of drug-likeness (QED) is 0.586. The number of fused-ring (bicyclic) bond motifs is 5. The van der Waals surface area contributed by atoms with Crippen LogP contribution in [0.1, 0.15) is 58.8 Å². The van der Waals surface area contributed by atoms with Crippen molar-refractivity contribution in [2.24, 2.45) is 34.5 Å². The van der Waals surface area contributed by atoms with Crippen LogP contribution >= 0.6 is 0 Å². The van der Waals surface area contributed by atoms with Crippen molar-refractivity contribution in [3.05, 3.63) is 0 Å². The average molecular weight is 346 g/mol. The highest BCUT2D eigenvalue weighted by molar-refractivity contribution is 5.83. The van der Waals surface area contributed by atoms with Crippen LogP contribution in [0, 0.1) is 46.8 Å². The lowest BCUT2D eigenvalue weighted by Gasteiger charge is -2.60. The molecule has 0 aromatic rings. The van der Waals surface area contributed by atoms with E-state index in [1.54, 1.807) is 0 Å². The molecule has 3 N–H and O–H groups in total. The third-order valence-electron chi connectivity index (χ3n) is 8.88. The summed E-state index contributed by atoms with van der Waals surface area (Å²) in [4.78, 5) is 13.1. The van der Waals surface area contributed by atoms with E-state index in [4.69, 9.17) is 6.42 Å². The largest absolute Gasteiger partial charge is 0.393 e. The Balaban J connectivity index is 1.73. The zero-order chi connectivity index (χ0) is 18.2. The van der Waals surface area contributed by atoms with Gasteiger partial charge in [-0.2, -0.15) is 0 Å². The smallest absolute Gasteiger partial charge is 0.156 e. The van der Waals surface area contributed by atoms with Crippen molar-refractivity contribution in [1.82, 2.24) is 0 Å². The number of Topliss-reactive ketones (excluding diaryl/α,β-unsaturated/α-hetero) is 1. The van der Waals surface area contributed by atoms with Gasteiger partial charge in [0.25, 0.3) is 0 Å². The second kappa shape index (κ2) is 5.31. The maximum Gasteiger partial charge on any atom is 0.156 e. The fourth-order valence-corrected chi connectivity index (χ4v) is 7.20. The van der Waals surface area contributed by atoms with Gasteiger partial charge in [0.1, 0.15) is 5.78 Å². The summed E-state index contributed by atoms with van der Waals surface area (Å²) in [5.74, 6) is 3.09. The van der Waals surface area contributed by atoms with Crippen molar-refractivity contribution in [3.63, 3.8) is 0 Å². The van der Waals surface area contributed by atoms with Crippen molar-refractivity contribution in [2.75, 3.05) is 0 Å². The fourth-order valence-electron chi connectivity index (χ4n) is 7.20. The zero-order valence-electron chi connectivity index (χ0n) is 15.2. The summed E-state index contributed by atoms with van der Waals surface area (Å²) in [5, 5.41) is 31.6. The summed E-state index contributed by atoms with van der Waals surface area (Å²) in [7, 11) is 0. The van der Waals surface area contributed by atoms with Crippen LogP contribution in [0.2, 0.25) is 0 Å². The van der Waals surface area contributed by atoms with Gasteiger partial charge < -0.3 is 15.3 Å². The summed E-state index contributed by atoms with van der Waals surface area (Å²) in [6.07, 6.45) is 9.42. The predicted molar refractivity (Wildman–Crippen MR) is 93.3 cm³/mol.